The van der Waals surface area contributed by atoms with Crippen molar-refractivity contribution in [2.75, 3.05) is 0 Å². The molecule has 0 aliphatic heterocycles. The predicted molar refractivity (Wildman–Crippen MR) is 106 cm³/mol. The van der Waals surface area contributed by atoms with Gasteiger partial charge in [0.2, 0.25) is 0 Å². The Labute approximate surface area is 152 Å². The van der Waals surface area contributed by atoms with Crippen LogP contribution in [0.4, 0.5) is 0 Å². The van der Waals surface area contributed by atoms with Gasteiger partial charge in [0.15, 0.2) is 0 Å². The van der Waals surface area contributed by atoms with Crippen LogP contribution >= 0.6 is 0 Å². The summed E-state index contributed by atoms with van der Waals surface area (Å²) in [4.78, 5) is 16.1. The fourth-order valence-electron chi connectivity index (χ4n) is 3.31. The number of pyridine rings is 1. The van der Waals surface area contributed by atoms with Crippen molar-refractivity contribution in [3.63, 3.8) is 0 Å². The molecule has 0 saturated carbocycles. The van der Waals surface area contributed by atoms with Gasteiger partial charge in [-0.15, -0.1) is 0 Å². The van der Waals surface area contributed by atoms with E-state index in [-0.39, 0.29) is 5.78 Å². The van der Waals surface area contributed by atoms with Crippen molar-refractivity contribution in [3.05, 3.63) is 70.0 Å². The molecule has 2 nitrogen and oxygen atoms in total. The first-order valence-electron chi connectivity index (χ1n) is 9.14. The van der Waals surface area contributed by atoms with Crippen molar-refractivity contribution in [2.45, 2.75) is 60.3 Å². The SMILES string of the molecule is C/C=C(/CC(C)=O)c1ccc(CCc2ccc(C)nc2CC)cc1C. The van der Waals surface area contributed by atoms with Gasteiger partial charge >= 0.3 is 0 Å². The van der Waals surface area contributed by atoms with E-state index in [0.29, 0.717) is 6.42 Å². The van der Waals surface area contributed by atoms with Crippen LogP contribution in [0.2, 0.25) is 0 Å². The van der Waals surface area contributed by atoms with Gasteiger partial charge in [0.1, 0.15) is 5.78 Å². The van der Waals surface area contributed by atoms with E-state index in [0.717, 1.165) is 30.5 Å². The third-order valence-corrected chi connectivity index (χ3v) is 4.65. The van der Waals surface area contributed by atoms with E-state index in [1.807, 2.05) is 13.8 Å². The number of Topliss-reactive ketones (excluding diaryl/α,β-unsaturated/α-hetero) is 1. The highest BCUT2D eigenvalue weighted by atomic mass is 16.1. The van der Waals surface area contributed by atoms with Crippen LogP contribution in [0, 0.1) is 13.8 Å². The monoisotopic (exact) mass is 335 g/mol. The molecule has 2 rings (SSSR count). The minimum atomic E-state index is 0.204. The second-order valence-electron chi connectivity index (χ2n) is 6.75. The van der Waals surface area contributed by atoms with E-state index in [1.165, 1.54) is 27.9 Å². The van der Waals surface area contributed by atoms with Gasteiger partial charge in [-0.25, -0.2) is 0 Å². The fourth-order valence-corrected chi connectivity index (χ4v) is 3.31. The number of hydrogen-bond acceptors (Lipinski definition) is 2. The molecule has 0 saturated heterocycles. The van der Waals surface area contributed by atoms with Crippen LogP contribution in [-0.2, 0) is 24.1 Å². The lowest BCUT2D eigenvalue weighted by atomic mass is 9.93. The zero-order valence-corrected chi connectivity index (χ0v) is 16.1. The lowest BCUT2D eigenvalue weighted by molar-refractivity contribution is -0.116. The Hall–Kier alpha value is -2.22. The lowest BCUT2D eigenvalue weighted by Crippen LogP contribution is -2.01. The topological polar surface area (TPSA) is 30.0 Å². The van der Waals surface area contributed by atoms with E-state index < -0.39 is 0 Å². The van der Waals surface area contributed by atoms with E-state index in [1.54, 1.807) is 6.92 Å². The number of allylic oxidation sites excluding steroid dienone is 2. The van der Waals surface area contributed by atoms with Crippen LogP contribution < -0.4 is 0 Å². The van der Waals surface area contributed by atoms with Crippen LogP contribution in [-0.4, -0.2) is 10.8 Å². The van der Waals surface area contributed by atoms with E-state index >= 15 is 0 Å². The standard InChI is InChI=1S/C23H29NO/c1-6-20(15-18(5)25)22-13-10-19(14-16(22)3)9-12-21-11-8-17(4)24-23(21)7-2/h6,8,10-11,13-14H,7,9,12,15H2,1-5H3/b20-6-. The smallest absolute Gasteiger partial charge is 0.134 e. The molecule has 0 aliphatic rings. The average molecular weight is 335 g/mol. The second-order valence-corrected chi connectivity index (χ2v) is 6.75. The van der Waals surface area contributed by atoms with Gasteiger partial charge in [0.05, 0.1) is 0 Å². The van der Waals surface area contributed by atoms with Gasteiger partial charge < -0.3 is 0 Å². The number of aryl methyl sites for hydroxylation is 5. The highest BCUT2D eigenvalue weighted by Crippen LogP contribution is 2.24. The van der Waals surface area contributed by atoms with Crippen molar-refractivity contribution in [1.82, 2.24) is 4.98 Å². The summed E-state index contributed by atoms with van der Waals surface area (Å²) < 4.78 is 0. The van der Waals surface area contributed by atoms with E-state index in [4.69, 9.17) is 0 Å². The molecule has 0 amide bonds. The lowest BCUT2D eigenvalue weighted by Gasteiger charge is -2.12. The van der Waals surface area contributed by atoms with Crippen LogP contribution in [0.5, 0.6) is 0 Å². The van der Waals surface area contributed by atoms with Gasteiger partial charge in [-0.1, -0.05) is 37.3 Å². The molecule has 0 N–H and O–H groups in total. The van der Waals surface area contributed by atoms with Crippen LogP contribution in [0.3, 0.4) is 0 Å². The first kappa shape index (κ1) is 19.1. The molecular formula is C23H29NO. The zero-order valence-electron chi connectivity index (χ0n) is 16.1. The van der Waals surface area contributed by atoms with Crippen molar-refractivity contribution in [2.24, 2.45) is 0 Å². The Balaban J connectivity index is 2.15. The van der Waals surface area contributed by atoms with Gasteiger partial charge in [-0.3, -0.25) is 9.78 Å². The molecule has 0 radical (unpaired) electrons. The quantitative estimate of drug-likeness (QED) is 0.675. The van der Waals surface area contributed by atoms with E-state index in [9.17, 15) is 4.79 Å². The van der Waals surface area contributed by atoms with Crippen LogP contribution in [0.1, 0.15) is 60.8 Å². The number of aromatic nitrogens is 1. The highest BCUT2D eigenvalue weighted by molar-refractivity contribution is 5.89. The third-order valence-electron chi connectivity index (χ3n) is 4.65. The molecule has 1 heterocycles. The maximum absolute atomic E-state index is 11.5. The maximum Gasteiger partial charge on any atom is 0.134 e. The summed E-state index contributed by atoms with van der Waals surface area (Å²) in [5.74, 6) is 0.204. The average Bonchev–Trinajstić information content (AvgIpc) is 2.58. The summed E-state index contributed by atoms with van der Waals surface area (Å²) in [6.07, 6.45) is 5.56. The number of carbonyl (C=O) groups is 1. The summed E-state index contributed by atoms with van der Waals surface area (Å²) in [6, 6.07) is 10.9. The van der Waals surface area contributed by atoms with Gasteiger partial charge in [0.25, 0.3) is 0 Å². The molecule has 25 heavy (non-hydrogen) atoms. The summed E-state index contributed by atoms with van der Waals surface area (Å²) in [7, 11) is 0. The predicted octanol–water partition coefficient (Wildman–Crippen LogP) is 5.43. The first-order valence-corrected chi connectivity index (χ1v) is 9.14. The number of carbonyl (C=O) groups excluding carboxylic acids is 1. The number of ketones is 1. The van der Waals surface area contributed by atoms with Crippen molar-refractivity contribution in [3.8, 4) is 0 Å². The van der Waals surface area contributed by atoms with Gasteiger partial charge in [0, 0.05) is 17.8 Å². The fraction of sp³-hybridized carbons (Fsp3) is 0.391. The molecular weight excluding hydrogens is 306 g/mol. The Bertz CT molecular complexity index is 787. The number of nitrogens with zero attached hydrogens (tertiary/aromatic N) is 1. The maximum atomic E-state index is 11.5. The molecule has 0 fully saturated rings. The summed E-state index contributed by atoms with van der Waals surface area (Å²) in [6.45, 7) is 9.99. The zero-order chi connectivity index (χ0) is 18.4. The van der Waals surface area contributed by atoms with Crippen molar-refractivity contribution < 1.29 is 4.79 Å². The summed E-state index contributed by atoms with van der Waals surface area (Å²) in [5.41, 5.74) is 8.53. The molecule has 0 atom stereocenters. The highest BCUT2D eigenvalue weighted by Gasteiger charge is 2.09. The van der Waals surface area contributed by atoms with Crippen LogP contribution in [0.25, 0.3) is 5.57 Å². The number of benzene rings is 1. The molecule has 1 aromatic carbocycles. The molecule has 0 unspecified atom stereocenters. The Kier molecular flexibility index (Phi) is 6.69. The normalized spacial score (nSPS) is 11.6. The summed E-state index contributed by atoms with van der Waals surface area (Å²) >= 11 is 0. The first-order chi connectivity index (χ1) is 11.9. The van der Waals surface area contributed by atoms with E-state index in [2.05, 4.69) is 55.2 Å². The minimum absolute atomic E-state index is 0.204. The molecule has 1 aromatic heterocycles. The molecule has 2 aromatic rings. The number of rotatable bonds is 7. The molecule has 0 aliphatic carbocycles. The Morgan fingerprint density at radius 3 is 2.48 bits per heavy atom. The van der Waals surface area contributed by atoms with Gasteiger partial charge in [-0.05, 0) is 80.9 Å². The van der Waals surface area contributed by atoms with Gasteiger partial charge in [-0.2, -0.15) is 0 Å². The largest absolute Gasteiger partial charge is 0.300 e. The second kappa shape index (κ2) is 8.75. The summed E-state index contributed by atoms with van der Waals surface area (Å²) in [5, 5.41) is 0. The van der Waals surface area contributed by atoms with Crippen LogP contribution in [0.15, 0.2) is 36.4 Å². The molecule has 0 spiro atoms. The van der Waals surface area contributed by atoms with Crippen molar-refractivity contribution in [1.29, 1.82) is 0 Å². The molecule has 0 bridgehead atoms. The molecule has 132 valence electrons. The number of hydrogen-bond donors (Lipinski definition) is 0. The Morgan fingerprint density at radius 2 is 1.88 bits per heavy atom. The Morgan fingerprint density at radius 1 is 1.12 bits per heavy atom. The minimum Gasteiger partial charge on any atom is -0.300 e. The molecule has 2 heteroatoms. The third kappa shape index (κ3) is 5.12. The van der Waals surface area contributed by atoms with Crippen molar-refractivity contribution >= 4 is 11.4 Å².